The van der Waals surface area contributed by atoms with Crippen LogP contribution in [0.3, 0.4) is 0 Å². The molecule has 21 heavy (non-hydrogen) atoms. The first-order valence-electron chi connectivity index (χ1n) is 6.79. The zero-order valence-electron chi connectivity index (χ0n) is 12.2. The highest BCUT2D eigenvalue weighted by molar-refractivity contribution is 5.46. The topological polar surface area (TPSA) is 53.0 Å². The average molecular weight is 299 g/mol. The van der Waals surface area contributed by atoms with E-state index in [-0.39, 0.29) is 17.8 Å². The van der Waals surface area contributed by atoms with E-state index < -0.39 is 11.7 Å². The van der Waals surface area contributed by atoms with Gasteiger partial charge in [0.05, 0.1) is 11.6 Å². The summed E-state index contributed by atoms with van der Waals surface area (Å²) in [5.74, 6) is 0.312. The Morgan fingerprint density at radius 2 is 2.00 bits per heavy atom. The summed E-state index contributed by atoms with van der Waals surface area (Å²) in [7, 11) is 0. The first-order valence-corrected chi connectivity index (χ1v) is 6.79. The molecule has 0 saturated heterocycles. The lowest BCUT2D eigenvalue weighted by atomic mass is 10.0. The number of hydrogen-bond donors (Lipinski definition) is 1. The molecule has 0 saturated carbocycles. The van der Waals surface area contributed by atoms with E-state index >= 15 is 0 Å². The van der Waals surface area contributed by atoms with Gasteiger partial charge < -0.3 is 5.73 Å². The standard InChI is InChI=1S/C15H20F3N3/c1-11(2)9-21(7-3-6-19)10-12-4-5-13(20)8-14(12)15(16,17)18/h4-5,8,11H,3,7,9-10,20H2,1-2H3. The molecule has 0 aliphatic carbocycles. The average Bonchev–Trinajstić information content (AvgIpc) is 2.36. The van der Waals surface area contributed by atoms with E-state index in [0.717, 1.165) is 6.07 Å². The van der Waals surface area contributed by atoms with E-state index in [4.69, 9.17) is 11.0 Å². The minimum Gasteiger partial charge on any atom is -0.399 e. The maximum atomic E-state index is 13.1. The quantitative estimate of drug-likeness (QED) is 0.816. The van der Waals surface area contributed by atoms with Crippen molar-refractivity contribution in [2.75, 3.05) is 18.8 Å². The molecule has 0 aliphatic rings. The lowest BCUT2D eigenvalue weighted by Gasteiger charge is -2.25. The Hall–Kier alpha value is -1.74. The van der Waals surface area contributed by atoms with Gasteiger partial charge >= 0.3 is 6.18 Å². The second-order valence-electron chi connectivity index (χ2n) is 5.45. The van der Waals surface area contributed by atoms with Crippen molar-refractivity contribution in [3.8, 4) is 6.07 Å². The Balaban J connectivity index is 3.00. The summed E-state index contributed by atoms with van der Waals surface area (Å²) in [4.78, 5) is 1.87. The number of nitrogens with two attached hydrogens (primary N) is 1. The molecule has 6 heteroatoms. The normalized spacial score (nSPS) is 11.9. The van der Waals surface area contributed by atoms with E-state index in [2.05, 4.69) is 0 Å². The Bertz CT molecular complexity index is 504. The first-order chi connectivity index (χ1) is 9.74. The lowest BCUT2D eigenvalue weighted by molar-refractivity contribution is -0.138. The highest BCUT2D eigenvalue weighted by Crippen LogP contribution is 2.34. The number of nitrogens with zero attached hydrogens (tertiary/aromatic N) is 2. The Morgan fingerprint density at radius 1 is 1.33 bits per heavy atom. The molecule has 1 aromatic rings. The SMILES string of the molecule is CC(C)CN(CCC#N)Cc1ccc(N)cc1C(F)(F)F. The van der Waals surface area contributed by atoms with Gasteiger partial charge in [0.15, 0.2) is 0 Å². The smallest absolute Gasteiger partial charge is 0.399 e. The monoisotopic (exact) mass is 299 g/mol. The van der Waals surface area contributed by atoms with E-state index in [0.29, 0.717) is 25.4 Å². The van der Waals surface area contributed by atoms with Crippen LogP contribution in [0.4, 0.5) is 18.9 Å². The summed E-state index contributed by atoms with van der Waals surface area (Å²) in [6.07, 6.45) is -4.13. The van der Waals surface area contributed by atoms with Gasteiger partial charge in [-0.25, -0.2) is 0 Å². The van der Waals surface area contributed by atoms with Gasteiger partial charge in [-0.15, -0.1) is 0 Å². The van der Waals surface area contributed by atoms with Crippen molar-refractivity contribution in [3.63, 3.8) is 0 Å². The van der Waals surface area contributed by atoms with Crippen LogP contribution in [0.5, 0.6) is 0 Å². The van der Waals surface area contributed by atoms with Gasteiger partial charge in [0, 0.05) is 31.7 Å². The van der Waals surface area contributed by atoms with Crippen LogP contribution in [-0.2, 0) is 12.7 Å². The number of hydrogen-bond acceptors (Lipinski definition) is 3. The van der Waals surface area contributed by atoms with E-state index in [1.165, 1.54) is 12.1 Å². The lowest BCUT2D eigenvalue weighted by Crippen LogP contribution is -2.29. The molecule has 0 spiro atoms. The minimum atomic E-state index is -4.43. The molecule has 0 amide bonds. The molecule has 0 radical (unpaired) electrons. The molecule has 0 heterocycles. The van der Waals surface area contributed by atoms with Crippen molar-refractivity contribution in [1.29, 1.82) is 5.26 Å². The zero-order valence-corrected chi connectivity index (χ0v) is 12.2. The van der Waals surface area contributed by atoms with E-state index in [1.54, 1.807) is 0 Å². The van der Waals surface area contributed by atoms with Crippen LogP contribution in [-0.4, -0.2) is 18.0 Å². The summed E-state index contributed by atoms with van der Waals surface area (Å²) in [6, 6.07) is 5.88. The van der Waals surface area contributed by atoms with Crippen LogP contribution in [0.25, 0.3) is 0 Å². The molecule has 0 fully saturated rings. The third-order valence-electron chi connectivity index (χ3n) is 3.00. The maximum Gasteiger partial charge on any atom is 0.416 e. The number of rotatable bonds is 6. The fourth-order valence-corrected chi connectivity index (χ4v) is 2.20. The number of halogens is 3. The van der Waals surface area contributed by atoms with Crippen molar-refractivity contribution >= 4 is 5.69 Å². The fourth-order valence-electron chi connectivity index (χ4n) is 2.20. The van der Waals surface area contributed by atoms with Gasteiger partial charge in [0.1, 0.15) is 0 Å². The molecule has 0 unspecified atom stereocenters. The van der Waals surface area contributed by atoms with Crippen LogP contribution < -0.4 is 5.73 Å². The van der Waals surface area contributed by atoms with Crippen LogP contribution in [0, 0.1) is 17.2 Å². The van der Waals surface area contributed by atoms with Gasteiger partial charge in [0.25, 0.3) is 0 Å². The second kappa shape index (κ2) is 7.32. The van der Waals surface area contributed by atoms with Crippen LogP contribution >= 0.6 is 0 Å². The summed E-state index contributed by atoms with van der Waals surface area (Å²) in [6.45, 7) is 5.24. The van der Waals surface area contributed by atoms with Gasteiger partial charge in [-0.05, 0) is 23.6 Å². The fraction of sp³-hybridized carbons (Fsp3) is 0.533. The molecule has 3 nitrogen and oxygen atoms in total. The van der Waals surface area contributed by atoms with Crippen LogP contribution in [0.1, 0.15) is 31.4 Å². The molecule has 0 bridgehead atoms. The number of benzene rings is 1. The van der Waals surface area contributed by atoms with Crippen molar-refractivity contribution < 1.29 is 13.2 Å². The minimum absolute atomic E-state index is 0.0958. The molecular formula is C15H20F3N3. The third-order valence-corrected chi connectivity index (χ3v) is 3.00. The largest absolute Gasteiger partial charge is 0.416 e. The van der Waals surface area contributed by atoms with Crippen molar-refractivity contribution in [3.05, 3.63) is 29.3 Å². The number of alkyl halides is 3. The van der Waals surface area contributed by atoms with E-state index in [9.17, 15) is 13.2 Å². The molecule has 0 aromatic heterocycles. The Labute approximate surface area is 123 Å². The first kappa shape index (κ1) is 17.3. The third kappa shape index (κ3) is 5.64. The molecule has 1 rings (SSSR count). The number of nitrogen functional groups attached to an aromatic ring is 1. The Morgan fingerprint density at radius 3 is 2.52 bits per heavy atom. The Kier molecular flexibility index (Phi) is 6.03. The van der Waals surface area contributed by atoms with Gasteiger partial charge in [-0.3, -0.25) is 4.90 Å². The van der Waals surface area contributed by atoms with Gasteiger partial charge in [-0.2, -0.15) is 18.4 Å². The summed E-state index contributed by atoms with van der Waals surface area (Å²) >= 11 is 0. The molecule has 0 aliphatic heterocycles. The maximum absolute atomic E-state index is 13.1. The highest BCUT2D eigenvalue weighted by atomic mass is 19.4. The number of anilines is 1. The zero-order chi connectivity index (χ0) is 16.0. The summed E-state index contributed by atoms with van der Waals surface area (Å²) in [5, 5.41) is 8.66. The van der Waals surface area contributed by atoms with Gasteiger partial charge in [0.2, 0.25) is 0 Å². The predicted octanol–water partition coefficient (Wildman–Crippen LogP) is 3.66. The molecule has 2 N–H and O–H groups in total. The van der Waals surface area contributed by atoms with Crippen LogP contribution in [0.15, 0.2) is 18.2 Å². The molecule has 116 valence electrons. The predicted molar refractivity (Wildman–Crippen MR) is 76.2 cm³/mol. The van der Waals surface area contributed by atoms with Crippen molar-refractivity contribution in [2.24, 2.45) is 5.92 Å². The highest BCUT2D eigenvalue weighted by Gasteiger charge is 2.33. The van der Waals surface area contributed by atoms with E-state index in [1.807, 2.05) is 24.8 Å². The van der Waals surface area contributed by atoms with Crippen molar-refractivity contribution in [1.82, 2.24) is 4.90 Å². The molecule has 0 atom stereocenters. The van der Waals surface area contributed by atoms with Gasteiger partial charge in [-0.1, -0.05) is 19.9 Å². The van der Waals surface area contributed by atoms with Crippen LogP contribution in [0.2, 0.25) is 0 Å². The molecule has 1 aromatic carbocycles. The number of nitriles is 1. The second-order valence-corrected chi connectivity index (χ2v) is 5.45. The van der Waals surface area contributed by atoms with Crippen molar-refractivity contribution in [2.45, 2.75) is 33.0 Å². The summed E-state index contributed by atoms with van der Waals surface area (Å²) < 4.78 is 39.2. The molecular weight excluding hydrogens is 279 g/mol. The summed E-state index contributed by atoms with van der Waals surface area (Å²) in [5.41, 5.74) is 5.04.